The van der Waals surface area contributed by atoms with Gasteiger partial charge in [-0.15, -0.1) is 10.2 Å². The number of fused-ring (bicyclic) bond motifs is 2. The molecule has 0 saturated carbocycles. The van der Waals surface area contributed by atoms with Gasteiger partial charge in [0, 0.05) is 25.2 Å². The molecule has 10 heteroatoms. The summed E-state index contributed by atoms with van der Waals surface area (Å²) in [6.07, 6.45) is 2.09. The number of nitrogens with one attached hydrogen (secondary N) is 1. The molecule has 1 aliphatic rings. The Balaban J connectivity index is 1.60. The Bertz CT molecular complexity index is 1390. The lowest BCUT2D eigenvalue weighted by molar-refractivity contribution is -0.115. The highest BCUT2D eigenvalue weighted by molar-refractivity contribution is 7.13. The van der Waals surface area contributed by atoms with Crippen molar-refractivity contribution in [2.45, 2.75) is 19.4 Å². The fourth-order valence-electron chi connectivity index (χ4n) is 4.09. The van der Waals surface area contributed by atoms with Crippen molar-refractivity contribution in [2.24, 2.45) is 0 Å². The minimum Gasteiger partial charge on any atom is -0.505 e. The highest BCUT2D eigenvalue weighted by Crippen LogP contribution is 2.39. The van der Waals surface area contributed by atoms with Gasteiger partial charge >= 0.3 is 0 Å². The number of phenolic OH excluding ortho intramolecular Hbond substituents is 1. The maximum absolute atomic E-state index is 13.3. The van der Waals surface area contributed by atoms with E-state index in [0.29, 0.717) is 28.1 Å². The maximum Gasteiger partial charge on any atom is 0.258 e. The highest BCUT2D eigenvalue weighted by atomic mass is 32.1. The third-order valence-corrected chi connectivity index (χ3v) is 6.22. The van der Waals surface area contributed by atoms with Crippen molar-refractivity contribution in [3.8, 4) is 5.75 Å². The average Bonchev–Trinajstić information content (AvgIpc) is 3.40. The zero-order valence-corrected chi connectivity index (χ0v) is 18.3. The molecule has 0 aliphatic carbocycles. The SMILES string of the molecule is CN1Cc2c(c(O)c3ncc(Cc4ccc(F)cc4)cc3c2CC(=O)Nc2nncs2)C1=O. The Morgan fingerprint density at radius 3 is 2.79 bits per heavy atom. The average molecular weight is 463 g/mol. The molecule has 0 spiro atoms. The number of halogens is 1. The third kappa shape index (κ3) is 3.89. The molecule has 0 saturated heterocycles. The summed E-state index contributed by atoms with van der Waals surface area (Å²) in [5, 5.41) is 22.1. The van der Waals surface area contributed by atoms with Crippen molar-refractivity contribution < 1.29 is 19.1 Å². The number of anilines is 1. The van der Waals surface area contributed by atoms with Crippen LogP contribution in [0.5, 0.6) is 5.75 Å². The molecule has 0 fully saturated rings. The number of phenols is 1. The predicted molar refractivity (Wildman–Crippen MR) is 121 cm³/mol. The summed E-state index contributed by atoms with van der Waals surface area (Å²) < 4.78 is 13.3. The van der Waals surface area contributed by atoms with E-state index in [1.54, 1.807) is 25.4 Å². The van der Waals surface area contributed by atoms with Crippen LogP contribution in [0.4, 0.5) is 9.52 Å². The molecule has 5 rings (SSSR count). The molecule has 4 aromatic rings. The number of aromatic hydroxyl groups is 1. The lowest BCUT2D eigenvalue weighted by atomic mass is 9.93. The van der Waals surface area contributed by atoms with Gasteiger partial charge in [-0.3, -0.25) is 14.6 Å². The van der Waals surface area contributed by atoms with E-state index >= 15 is 0 Å². The first kappa shape index (κ1) is 21.0. The first-order chi connectivity index (χ1) is 15.9. The van der Waals surface area contributed by atoms with E-state index in [4.69, 9.17) is 0 Å². The Morgan fingerprint density at radius 1 is 1.27 bits per heavy atom. The van der Waals surface area contributed by atoms with E-state index in [1.165, 1.54) is 33.9 Å². The molecule has 2 aromatic heterocycles. The number of pyridine rings is 1. The molecule has 0 atom stereocenters. The van der Waals surface area contributed by atoms with Gasteiger partial charge in [0.15, 0.2) is 5.75 Å². The predicted octanol–water partition coefficient (Wildman–Crippen LogP) is 3.29. The van der Waals surface area contributed by atoms with Crippen LogP contribution < -0.4 is 5.32 Å². The standard InChI is InChI=1S/C23H18FN5O3S/c1-29-10-17-15(8-18(30)27-23-28-26-11-33-23)16-7-13(6-12-2-4-14(24)5-3-12)9-25-20(16)21(31)19(17)22(29)32/h2-5,7,9,11,31H,6,8,10H2,1H3,(H,27,28,30). The van der Waals surface area contributed by atoms with Crippen molar-refractivity contribution >= 4 is 39.2 Å². The number of benzene rings is 2. The van der Waals surface area contributed by atoms with Gasteiger partial charge in [-0.2, -0.15) is 0 Å². The largest absolute Gasteiger partial charge is 0.505 e. The maximum atomic E-state index is 13.3. The summed E-state index contributed by atoms with van der Waals surface area (Å²) in [6.45, 7) is 0.279. The number of nitrogens with zero attached hydrogens (tertiary/aromatic N) is 4. The number of amides is 2. The van der Waals surface area contributed by atoms with Crippen molar-refractivity contribution in [2.75, 3.05) is 12.4 Å². The second-order valence-electron chi connectivity index (χ2n) is 7.85. The van der Waals surface area contributed by atoms with Gasteiger partial charge in [0.05, 0.1) is 12.0 Å². The van der Waals surface area contributed by atoms with Crippen LogP contribution in [0.25, 0.3) is 10.9 Å². The van der Waals surface area contributed by atoms with E-state index in [-0.39, 0.29) is 47.4 Å². The van der Waals surface area contributed by atoms with Crippen LogP contribution in [0, 0.1) is 5.82 Å². The summed E-state index contributed by atoms with van der Waals surface area (Å²) in [5.74, 6) is -1.12. The van der Waals surface area contributed by atoms with Crippen molar-refractivity contribution in [3.05, 3.63) is 75.7 Å². The van der Waals surface area contributed by atoms with Crippen LogP contribution in [0.1, 0.15) is 32.6 Å². The molecular weight excluding hydrogens is 445 g/mol. The minimum absolute atomic E-state index is 0.0263. The fourth-order valence-corrected chi connectivity index (χ4v) is 4.56. The highest BCUT2D eigenvalue weighted by Gasteiger charge is 2.33. The number of hydrogen-bond donors (Lipinski definition) is 2. The second-order valence-corrected chi connectivity index (χ2v) is 8.69. The van der Waals surface area contributed by atoms with E-state index < -0.39 is 0 Å². The molecule has 0 unspecified atom stereocenters. The van der Waals surface area contributed by atoms with Crippen LogP contribution in [0.15, 0.2) is 42.0 Å². The molecule has 1 aliphatic heterocycles. The van der Waals surface area contributed by atoms with Gasteiger partial charge in [0.1, 0.15) is 16.8 Å². The van der Waals surface area contributed by atoms with Crippen LogP contribution in [0.2, 0.25) is 0 Å². The lowest BCUT2D eigenvalue weighted by Crippen LogP contribution is -2.17. The first-order valence-corrected chi connectivity index (χ1v) is 11.0. The van der Waals surface area contributed by atoms with Gasteiger partial charge in [0.25, 0.3) is 5.91 Å². The number of carbonyl (C=O) groups excluding carboxylic acids is 2. The van der Waals surface area contributed by atoms with Crippen LogP contribution in [-0.2, 0) is 24.2 Å². The monoisotopic (exact) mass is 463 g/mol. The van der Waals surface area contributed by atoms with Crippen molar-refractivity contribution in [1.82, 2.24) is 20.1 Å². The van der Waals surface area contributed by atoms with Gasteiger partial charge < -0.3 is 15.3 Å². The lowest BCUT2D eigenvalue weighted by Gasteiger charge is -2.14. The second kappa shape index (κ2) is 8.21. The number of rotatable bonds is 5. The minimum atomic E-state index is -0.313. The number of carbonyl (C=O) groups is 2. The molecule has 3 heterocycles. The molecular formula is C23H18FN5O3S. The number of aromatic nitrogens is 3. The smallest absolute Gasteiger partial charge is 0.258 e. The third-order valence-electron chi connectivity index (χ3n) is 5.62. The molecule has 0 radical (unpaired) electrons. The first-order valence-electron chi connectivity index (χ1n) is 10.1. The Hall–Kier alpha value is -3.92. The van der Waals surface area contributed by atoms with E-state index in [1.807, 2.05) is 6.07 Å². The van der Waals surface area contributed by atoms with Crippen molar-refractivity contribution in [3.63, 3.8) is 0 Å². The Kier molecular flexibility index (Phi) is 5.21. The van der Waals surface area contributed by atoms with Gasteiger partial charge in [0.2, 0.25) is 11.0 Å². The topological polar surface area (TPSA) is 108 Å². The van der Waals surface area contributed by atoms with Crippen LogP contribution >= 0.6 is 11.3 Å². The molecule has 2 N–H and O–H groups in total. The van der Waals surface area contributed by atoms with Gasteiger partial charge in [-0.1, -0.05) is 23.5 Å². The summed E-state index contributed by atoms with van der Waals surface area (Å²) in [4.78, 5) is 31.4. The molecule has 33 heavy (non-hydrogen) atoms. The quantitative estimate of drug-likeness (QED) is 0.470. The summed E-state index contributed by atoms with van der Waals surface area (Å²) in [6, 6.07) is 8.05. The van der Waals surface area contributed by atoms with Gasteiger partial charge in [-0.05, 0) is 46.9 Å². The van der Waals surface area contributed by atoms with Crippen LogP contribution in [-0.4, -0.2) is 44.0 Å². The Labute approximate surface area is 191 Å². The Morgan fingerprint density at radius 2 is 2.06 bits per heavy atom. The van der Waals surface area contributed by atoms with Crippen LogP contribution in [0.3, 0.4) is 0 Å². The molecule has 0 bridgehead atoms. The fraction of sp³-hybridized carbons (Fsp3) is 0.174. The molecule has 2 aromatic carbocycles. The zero-order chi connectivity index (χ0) is 23.1. The molecule has 2 amide bonds. The summed E-state index contributed by atoms with van der Waals surface area (Å²) in [7, 11) is 1.64. The molecule has 166 valence electrons. The summed E-state index contributed by atoms with van der Waals surface area (Å²) in [5.41, 5.74) is 4.93. The summed E-state index contributed by atoms with van der Waals surface area (Å²) >= 11 is 1.20. The van der Waals surface area contributed by atoms with Crippen molar-refractivity contribution in [1.29, 1.82) is 0 Å². The zero-order valence-electron chi connectivity index (χ0n) is 17.5. The number of hydrogen-bond acceptors (Lipinski definition) is 7. The van der Waals surface area contributed by atoms with E-state index in [9.17, 15) is 19.1 Å². The normalized spacial score (nSPS) is 12.9. The van der Waals surface area contributed by atoms with E-state index in [2.05, 4.69) is 20.5 Å². The van der Waals surface area contributed by atoms with Gasteiger partial charge in [-0.25, -0.2) is 4.39 Å². The molecule has 8 nitrogen and oxygen atoms in total. The van der Waals surface area contributed by atoms with E-state index in [0.717, 1.165) is 11.1 Å².